The summed E-state index contributed by atoms with van der Waals surface area (Å²) in [4.78, 5) is 12.0. The van der Waals surface area contributed by atoms with Crippen LogP contribution < -0.4 is 14.8 Å². The summed E-state index contributed by atoms with van der Waals surface area (Å²) < 4.78 is 36.8. The van der Waals surface area contributed by atoms with E-state index in [2.05, 4.69) is 5.32 Å². The average Bonchev–Trinajstić information content (AvgIpc) is 2.65. The Labute approximate surface area is 158 Å². The standard InChI is InChI=1S/C21H25F2NO3/c1-21(22,23)17-8-4-15(5-9-17)7-11-20(25)24-13-12-16-6-10-18(26-2)19(14-16)27-3/h4-6,8-10,14H,7,11-13H2,1-3H3,(H,24,25). The van der Waals surface area contributed by atoms with Gasteiger partial charge in [-0.05, 0) is 36.1 Å². The smallest absolute Gasteiger partial charge is 0.270 e. The van der Waals surface area contributed by atoms with Crippen molar-refractivity contribution in [3.63, 3.8) is 0 Å². The Hall–Kier alpha value is -2.63. The van der Waals surface area contributed by atoms with Gasteiger partial charge in [0, 0.05) is 25.5 Å². The molecule has 0 aliphatic heterocycles. The van der Waals surface area contributed by atoms with Crippen LogP contribution in [0.1, 0.15) is 30.0 Å². The number of benzene rings is 2. The van der Waals surface area contributed by atoms with Gasteiger partial charge in [-0.1, -0.05) is 30.3 Å². The minimum atomic E-state index is -2.85. The highest BCUT2D eigenvalue weighted by atomic mass is 19.3. The van der Waals surface area contributed by atoms with Crippen molar-refractivity contribution in [2.45, 2.75) is 32.1 Å². The number of carbonyl (C=O) groups is 1. The van der Waals surface area contributed by atoms with Crippen LogP contribution in [0.2, 0.25) is 0 Å². The third kappa shape index (κ3) is 6.24. The van der Waals surface area contributed by atoms with E-state index in [-0.39, 0.29) is 11.5 Å². The van der Waals surface area contributed by atoms with Gasteiger partial charge in [-0.15, -0.1) is 0 Å². The quantitative estimate of drug-likeness (QED) is 0.716. The fraction of sp³-hybridized carbons (Fsp3) is 0.381. The highest BCUT2D eigenvalue weighted by molar-refractivity contribution is 5.76. The zero-order valence-electron chi connectivity index (χ0n) is 15.9. The fourth-order valence-electron chi connectivity index (χ4n) is 2.69. The number of aryl methyl sites for hydroxylation is 1. The summed E-state index contributed by atoms with van der Waals surface area (Å²) in [7, 11) is 3.16. The third-order valence-corrected chi connectivity index (χ3v) is 4.29. The molecule has 27 heavy (non-hydrogen) atoms. The van der Waals surface area contributed by atoms with E-state index in [9.17, 15) is 13.6 Å². The van der Waals surface area contributed by atoms with E-state index >= 15 is 0 Å². The van der Waals surface area contributed by atoms with Crippen LogP contribution >= 0.6 is 0 Å². The Morgan fingerprint density at radius 2 is 1.59 bits per heavy atom. The van der Waals surface area contributed by atoms with Crippen molar-refractivity contribution in [3.05, 3.63) is 59.2 Å². The number of carbonyl (C=O) groups excluding carboxylic acids is 1. The van der Waals surface area contributed by atoms with Gasteiger partial charge in [0.05, 0.1) is 14.2 Å². The van der Waals surface area contributed by atoms with Gasteiger partial charge >= 0.3 is 0 Å². The maximum atomic E-state index is 13.2. The van der Waals surface area contributed by atoms with Crippen molar-refractivity contribution in [1.82, 2.24) is 5.32 Å². The maximum Gasteiger partial charge on any atom is 0.270 e. The Balaban J connectivity index is 1.76. The Morgan fingerprint density at radius 1 is 0.963 bits per heavy atom. The lowest BCUT2D eigenvalue weighted by Crippen LogP contribution is -2.25. The predicted molar refractivity (Wildman–Crippen MR) is 101 cm³/mol. The highest BCUT2D eigenvalue weighted by Gasteiger charge is 2.23. The van der Waals surface area contributed by atoms with Gasteiger partial charge < -0.3 is 14.8 Å². The normalized spacial score (nSPS) is 11.1. The third-order valence-electron chi connectivity index (χ3n) is 4.29. The van der Waals surface area contributed by atoms with E-state index < -0.39 is 5.92 Å². The molecule has 2 aromatic rings. The molecule has 4 nitrogen and oxygen atoms in total. The minimum Gasteiger partial charge on any atom is -0.493 e. The number of amides is 1. The zero-order valence-corrected chi connectivity index (χ0v) is 15.9. The molecule has 0 atom stereocenters. The monoisotopic (exact) mass is 377 g/mol. The molecular weight excluding hydrogens is 352 g/mol. The van der Waals surface area contributed by atoms with Crippen molar-refractivity contribution < 1.29 is 23.0 Å². The summed E-state index contributed by atoms with van der Waals surface area (Å²) in [5.41, 5.74) is 1.87. The molecule has 1 N–H and O–H groups in total. The van der Waals surface area contributed by atoms with Crippen LogP contribution in [0.4, 0.5) is 8.78 Å². The molecule has 0 fully saturated rings. The van der Waals surface area contributed by atoms with Gasteiger partial charge in [-0.25, -0.2) is 8.78 Å². The first-order chi connectivity index (χ1) is 12.8. The second-order valence-electron chi connectivity index (χ2n) is 6.37. The first kappa shape index (κ1) is 20.7. The van der Waals surface area contributed by atoms with E-state index in [1.165, 1.54) is 12.1 Å². The number of nitrogens with one attached hydrogen (secondary N) is 1. The van der Waals surface area contributed by atoms with Crippen LogP contribution in [-0.2, 0) is 23.6 Å². The van der Waals surface area contributed by atoms with Crippen LogP contribution in [0.3, 0.4) is 0 Å². The summed E-state index contributed by atoms with van der Waals surface area (Å²) in [6.45, 7) is 1.38. The number of hydrogen-bond donors (Lipinski definition) is 1. The van der Waals surface area contributed by atoms with Gasteiger partial charge in [0.1, 0.15) is 0 Å². The lowest BCUT2D eigenvalue weighted by molar-refractivity contribution is -0.121. The lowest BCUT2D eigenvalue weighted by atomic mass is 10.0. The molecular formula is C21H25F2NO3. The summed E-state index contributed by atoms with van der Waals surface area (Å²) in [5, 5.41) is 2.87. The van der Waals surface area contributed by atoms with Crippen LogP contribution in [0.5, 0.6) is 11.5 Å². The maximum absolute atomic E-state index is 13.2. The summed E-state index contributed by atoms with van der Waals surface area (Å²) in [5.74, 6) is -1.60. The van der Waals surface area contributed by atoms with E-state index in [0.717, 1.165) is 18.1 Å². The van der Waals surface area contributed by atoms with Gasteiger partial charge in [-0.3, -0.25) is 4.79 Å². The SMILES string of the molecule is COc1ccc(CCNC(=O)CCc2ccc(C(C)(F)F)cc2)cc1OC. The van der Waals surface area contributed by atoms with E-state index in [1.807, 2.05) is 18.2 Å². The van der Waals surface area contributed by atoms with Gasteiger partial charge in [0.25, 0.3) is 5.92 Å². The molecule has 0 saturated carbocycles. The van der Waals surface area contributed by atoms with Crippen LogP contribution in [-0.4, -0.2) is 26.7 Å². The molecule has 0 aromatic heterocycles. The molecule has 0 heterocycles. The summed E-state index contributed by atoms with van der Waals surface area (Å²) >= 11 is 0. The molecule has 6 heteroatoms. The van der Waals surface area contributed by atoms with Gasteiger partial charge in [0.2, 0.25) is 5.91 Å². The zero-order chi connectivity index (χ0) is 19.9. The second kappa shape index (κ2) is 9.35. The molecule has 0 radical (unpaired) electrons. The summed E-state index contributed by atoms with van der Waals surface area (Å²) in [6, 6.07) is 11.7. The fourth-order valence-corrected chi connectivity index (χ4v) is 2.69. The molecule has 0 bridgehead atoms. The Kier molecular flexibility index (Phi) is 7.16. The number of hydrogen-bond acceptors (Lipinski definition) is 3. The topological polar surface area (TPSA) is 47.6 Å². The molecule has 0 unspecified atom stereocenters. The number of halogens is 2. The molecule has 146 valence electrons. The molecule has 0 aliphatic rings. The largest absolute Gasteiger partial charge is 0.493 e. The van der Waals surface area contributed by atoms with Crippen molar-refractivity contribution in [3.8, 4) is 11.5 Å². The number of ether oxygens (including phenoxy) is 2. The average molecular weight is 377 g/mol. The molecule has 1 amide bonds. The minimum absolute atomic E-state index is 0.0226. The Bertz CT molecular complexity index is 755. The van der Waals surface area contributed by atoms with Crippen molar-refractivity contribution in [1.29, 1.82) is 0 Å². The Morgan fingerprint density at radius 3 is 2.19 bits per heavy atom. The van der Waals surface area contributed by atoms with Gasteiger partial charge in [-0.2, -0.15) is 0 Å². The van der Waals surface area contributed by atoms with Crippen LogP contribution in [0, 0.1) is 0 Å². The molecule has 0 saturated heterocycles. The summed E-state index contributed by atoms with van der Waals surface area (Å²) in [6.07, 6.45) is 1.50. The lowest BCUT2D eigenvalue weighted by Gasteiger charge is -2.11. The molecule has 0 aliphatic carbocycles. The second-order valence-corrected chi connectivity index (χ2v) is 6.37. The van der Waals surface area contributed by atoms with Crippen molar-refractivity contribution in [2.24, 2.45) is 0 Å². The van der Waals surface area contributed by atoms with Gasteiger partial charge in [0.15, 0.2) is 11.5 Å². The van der Waals surface area contributed by atoms with Crippen molar-refractivity contribution >= 4 is 5.91 Å². The van der Waals surface area contributed by atoms with E-state index in [0.29, 0.717) is 37.3 Å². The number of methoxy groups -OCH3 is 2. The van der Waals surface area contributed by atoms with E-state index in [4.69, 9.17) is 9.47 Å². The first-order valence-corrected chi connectivity index (χ1v) is 8.78. The highest BCUT2D eigenvalue weighted by Crippen LogP contribution is 2.28. The predicted octanol–water partition coefficient (Wildman–Crippen LogP) is 4.11. The molecule has 0 spiro atoms. The number of rotatable bonds is 9. The first-order valence-electron chi connectivity index (χ1n) is 8.78. The number of alkyl halides is 2. The molecule has 2 aromatic carbocycles. The van der Waals surface area contributed by atoms with Crippen LogP contribution in [0.15, 0.2) is 42.5 Å². The van der Waals surface area contributed by atoms with Crippen LogP contribution in [0.25, 0.3) is 0 Å². The molecule has 2 rings (SSSR count). The van der Waals surface area contributed by atoms with E-state index in [1.54, 1.807) is 26.4 Å². The van der Waals surface area contributed by atoms with Crippen molar-refractivity contribution in [2.75, 3.05) is 20.8 Å².